The number of amides is 1. The molecule has 140 valence electrons. The summed E-state index contributed by atoms with van der Waals surface area (Å²) >= 11 is 1.34. The van der Waals surface area contributed by atoms with Crippen molar-refractivity contribution in [3.8, 4) is 5.69 Å². The number of benzene rings is 1. The van der Waals surface area contributed by atoms with Crippen molar-refractivity contribution in [1.82, 2.24) is 14.9 Å². The fourth-order valence-corrected chi connectivity index (χ4v) is 2.67. The summed E-state index contributed by atoms with van der Waals surface area (Å²) in [4.78, 5) is 28.5. The normalized spacial score (nSPS) is 12.1. The molecule has 0 saturated heterocycles. The number of carbonyl (C=O) groups excluding carboxylic acids is 2. The van der Waals surface area contributed by atoms with Crippen molar-refractivity contribution >= 4 is 23.6 Å². The van der Waals surface area contributed by atoms with Crippen molar-refractivity contribution < 1.29 is 18.7 Å². The molecule has 1 aromatic carbocycles. The van der Waals surface area contributed by atoms with Crippen LogP contribution in [0.3, 0.4) is 0 Å². The quantitative estimate of drug-likeness (QED) is 0.591. The largest absolute Gasteiger partial charge is 0.451 e. The molecule has 26 heavy (non-hydrogen) atoms. The number of ether oxygens (including phenoxy) is 1. The molecule has 1 N–H and O–H groups in total. The predicted octanol–water partition coefficient (Wildman–Crippen LogP) is 3.05. The van der Waals surface area contributed by atoms with Crippen LogP contribution in [0, 0.1) is 11.7 Å². The van der Waals surface area contributed by atoms with E-state index in [1.165, 1.54) is 30.1 Å². The Morgan fingerprint density at radius 2 is 1.92 bits per heavy atom. The van der Waals surface area contributed by atoms with Crippen LogP contribution < -0.4 is 5.32 Å². The van der Waals surface area contributed by atoms with E-state index in [2.05, 4.69) is 10.3 Å². The minimum Gasteiger partial charge on any atom is -0.451 e. The Morgan fingerprint density at radius 3 is 2.50 bits per heavy atom. The zero-order chi connectivity index (χ0) is 19.3. The number of nitrogens with one attached hydrogen (secondary N) is 1. The summed E-state index contributed by atoms with van der Waals surface area (Å²) in [6.07, 6.45) is 3.20. The summed E-state index contributed by atoms with van der Waals surface area (Å²) in [5, 5.41) is 3.33. The van der Waals surface area contributed by atoms with Crippen LogP contribution in [0.15, 0.2) is 35.6 Å². The minimum absolute atomic E-state index is 0.0194. The lowest BCUT2D eigenvalue weighted by Crippen LogP contribution is -2.38. The summed E-state index contributed by atoms with van der Waals surface area (Å²) in [6.45, 7) is 5.49. The summed E-state index contributed by atoms with van der Waals surface area (Å²) < 4.78 is 19.9. The molecule has 0 aliphatic heterocycles. The van der Waals surface area contributed by atoms with Crippen molar-refractivity contribution in [3.05, 3.63) is 42.0 Å². The smallest absolute Gasteiger partial charge is 0.357 e. The lowest BCUT2D eigenvalue weighted by atomic mass is 10.1. The highest BCUT2D eigenvalue weighted by Crippen LogP contribution is 2.22. The molecular formula is C18H22FN3O3S. The fourth-order valence-electron chi connectivity index (χ4n) is 2.13. The first kappa shape index (κ1) is 20.0. The van der Waals surface area contributed by atoms with Crippen molar-refractivity contribution in [3.63, 3.8) is 0 Å². The monoisotopic (exact) mass is 379 g/mol. The number of aromatic nitrogens is 2. The average molecular weight is 379 g/mol. The Morgan fingerprint density at radius 1 is 1.27 bits per heavy atom. The molecule has 0 fully saturated rings. The van der Waals surface area contributed by atoms with Gasteiger partial charge in [-0.2, -0.15) is 0 Å². The van der Waals surface area contributed by atoms with Crippen LogP contribution in [0.2, 0.25) is 0 Å². The van der Waals surface area contributed by atoms with Gasteiger partial charge < -0.3 is 10.1 Å². The average Bonchev–Trinajstić information content (AvgIpc) is 3.04. The SMILES string of the molecule is CSc1ncc(C(=O)OCC(=O)NC(C)C(C)C)n1-c1ccc(F)cc1. The Balaban J connectivity index is 2.13. The molecule has 2 rings (SSSR count). The number of rotatable bonds is 7. The van der Waals surface area contributed by atoms with E-state index in [1.807, 2.05) is 27.0 Å². The number of imidazole rings is 1. The molecule has 2 aromatic rings. The highest BCUT2D eigenvalue weighted by molar-refractivity contribution is 7.98. The van der Waals surface area contributed by atoms with E-state index in [1.54, 1.807) is 16.7 Å². The van der Waals surface area contributed by atoms with E-state index < -0.39 is 5.97 Å². The Hall–Kier alpha value is -2.35. The van der Waals surface area contributed by atoms with Gasteiger partial charge in [0, 0.05) is 11.7 Å². The van der Waals surface area contributed by atoms with Gasteiger partial charge in [0.2, 0.25) is 0 Å². The Labute approximate surface area is 156 Å². The summed E-state index contributed by atoms with van der Waals surface area (Å²) in [6, 6.07) is 5.67. The van der Waals surface area contributed by atoms with Gasteiger partial charge >= 0.3 is 5.97 Å². The van der Waals surface area contributed by atoms with Crippen molar-refractivity contribution in [2.24, 2.45) is 5.92 Å². The molecular weight excluding hydrogens is 357 g/mol. The second-order valence-electron chi connectivity index (χ2n) is 6.12. The van der Waals surface area contributed by atoms with Crippen molar-refractivity contribution in [2.45, 2.75) is 32.0 Å². The number of nitrogens with zero attached hydrogens (tertiary/aromatic N) is 2. The second-order valence-corrected chi connectivity index (χ2v) is 6.89. The summed E-state index contributed by atoms with van der Waals surface area (Å²) in [5.41, 5.74) is 0.753. The van der Waals surface area contributed by atoms with E-state index in [9.17, 15) is 14.0 Å². The molecule has 8 heteroatoms. The summed E-state index contributed by atoms with van der Waals surface area (Å²) in [5.74, 6) is -1.13. The number of thioether (sulfide) groups is 1. The van der Waals surface area contributed by atoms with E-state index in [0.29, 0.717) is 10.8 Å². The fraction of sp³-hybridized carbons (Fsp3) is 0.389. The first-order valence-corrected chi connectivity index (χ1v) is 9.40. The third-order valence-corrected chi connectivity index (χ3v) is 4.58. The molecule has 0 bridgehead atoms. The van der Waals surface area contributed by atoms with Gasteiger partial charge in [-0.3, -0.25) is 9.36 Å². The molecule has 6 nitrogen and oxygen atoms in total. The van der Waals surface area contributed by atoms with Crippen LogP contribution in [-0.4, -0.2) is 40.3 Å². The molecule has 0 aliphatic carbocycles. The molecule has 1 aromatic heterocycles. The summed E-state index contributed by atoms with van der Waals surface area (Å²) in [7, 11) is 0. The number of carbonyl (C=O) groups is 2. The van der Waals surface area contributed by atoms with Crippen LogP contribution in [-0.2, 0) is 9.53 Å². The van der Waals surface area contributed by atoms with Gasteiger partial charge in [0.1, 0.15) is 5.82 Å². The van der Waals surface area contributed by atoms with Crippen molar-refractivity contribution in [1.29, 1.82) is 0 Å². The Kier molecular flexibility index (Phi) is 6.79. The van der Waals surface area contributed by atoms with Gasteiger partial charge in [-0.15, -0.1) is 0 Å². The maximum Gasteiger partial charge on any atom is 0.357 e. The Bertz CT molecular complexity index is 774. The number of halogens is 1. The predicted molar refractivity (Wildman–Crippen MR) is 98.0 cm³/mol. The van der Waals surface area contributed by atoms with Crippen LogP contribution in [0.25, 0.3) is 5.69 Å². The molecule has 0 aliphatic rings. The molecule has 0 saturated carbocycles. The van der Waals surface area contributed by atoms with Gasteiger partial charge in [0.25, 0.3) is 5.91 Å². The zero-order valence-corrected chi connectivity index (χ0v) is 16.0. The maximum absolute atomic E-state index is 13.2. The van der Waals surface area contributed by atoms with Crippen LogP contribution >= 0.6 is 11.8 Å². The molecule has 1 atom stereocenters. The third-order valence-electron chi connectivity index (χ3n) is 3.93. The number of esters is 1. The van der Waals surface area contributed by atoms with E-state index in [0.717, 1.165) is 0 Å². The molecule has 1 amide bonds. The molecule has 0 spiro atoms. The lowest BCUT2D eigenvalue weighted by molar-refractivity contribution is -0.125. The van der Waals surface area contributed by atoms with E-state index >= 15 is 0 Å². The molecule has 1 heterocycles. The molecule has 0 radical (unpaired) electrons. The van der Waals surface area contributed by atoms with Crippen LogP contribution in [0.5, 0.6) is 0 Å². The van der Waals surface area contributed by atoms with Gasteiger partial charge in [-0.05, 0) is 43.4 Å². The van der Waals surface area contributed by atoms with Crippen LogP contribution in [0.4, 0.5) is 4.39 Å². The number of hydrogen-bond donors (Lipinski definition) is 1. The third kappa shape index (κ3) is 4.85. The minimum atomic E-state index is -0.672. The highest BCUT2D eigenvalue weighted by atomic mass is 32.2. The molecule has 1 unspecified atom stereocenters. The van der Waals surface area contributed by atoms with Gasteiger partial charge in [-0.1, -0.05) is 25.6 Å². The van der Waals surface area contributed by atoms with Crippen molar-refractivity contribution in [2.75, 3.05) is 12.9 Å². The first-order chi connectivity index (χ1) is 12.3. The standard InChI is InChI=1S/C18H22FN3O3S/c1-11(2)12(3)21-16(23)10-25-17(24)15-9-20-18(26-4)22(15)14-7-5-13(19)6-8-14/h5-9,11-12H,10H2,1-4H3,(H,21,23). The first-order valence-electron chi connectivity index (χ1n) is 8.17. The van der Waals surface area contributed by atoms with E-state index in [4.69, 9.17) is 4.74 Å². The van der Waals surface area contributed by atoms with Gasteiger partial charge in [0.05, 0.1) is 6.20 Å². The highest BCUT2D eigenvalue weighted by Gasteiger charge is 2.20. The zero-order valence-electron chi connectivity index (χ0n) is 15.2. The topological polar surface area (TPSA) is 73.2 Å². The maximum atomic E-state index is 13.2. The second kappa shape index (κ2) is 8.84. The van der Waals surface area contributed by atoms with Gasteiger partial charge in [-0.25, -0.2) is 14.2 Å². The lowest BCUT2D eigenvalue weighted by Gasteiger charge is -2.17. The van der Waals surface area contributed by atoms with Crippen LogP contribution in [0.1, 0.15) is 31.3 Å². The van der Waals surface area contributed by atoms with E-state index in [-0.39, 0.29) is 36.0 Å². The van der Waals surface area contributed by atoms with Gasteiger partial charge in [0.15, 0.2) is 17.5 Å². The number of hydrogen-bond acceptors (Lipinski definition) is 5.